The Morgan fingerprint density at radius 1 is 0.769 bits per heavy atom. The van der Waals surface area contributed by atoms with Crippen molar-refractivity contribution in [2.24, 2.45) is 5.73 Å². The third-order valence-electron chi connectivity index (χ3n) is 4.90. The second-order valence-corrected chi connectivity index (χ2v) is 6.65. The van der Waals surface area contributed by atoms with Gasteiger partial charge in [-0.3, -0.25) is 0 Å². The monoisotopic (exact) mass is 345 g/mol. The molecule has 0 bridgehead atoms. The van der Waals surface area contributed by atoms with E-state index in [4.69, 9.17) is 15.2 Å². The highest BCUT2D eigenvalue weighted by molar-refractivity contribution is 5.57. The zero-order valence-corrected chi connectivity index (χ0v) is 14.7. The molecule has 0 saturated heterocycles. The van der Waals surface area contributed by atoms with Gasteiger partial charge >= 0.3 is 0 Å². The molecule has 3 aromatic carbocycles. The van der Waals surface area contributed by atoms with Crippen LogP contribution in [0.1, 0.15) is 28.2 Å². The minimum absolute atomic E-state index is 0.437. The van der Waals surface area contributed by atoms with E-state index in [1.165, 1.54) is 11.1 Å². The Labute approximate surface area is 154 Å². The summed E-state index contributed by atoms with van der Waals surface area (Å²) in [4.78, 5) is 0. The summed E-state index contributed by atoms with van der Waals surface area (Å²) in [7, 11) is 0. The van der Waals surface area contributed by atoms with Gasteiger partial charge in [-0.25, -0.2) is 0 Å². The van der Waals surface area contributed by atoms with Gasteiger partial charge in [0.1, 0.15) is 13.2 Å². The average Bonchev–Trinajstić information content (AvgIpc) is 2.68. The van der Waals surface area contributed by atoms with Crippen LogP contribution in [0.2, 0.25) is 0 Å². The van der Waals surface area contributed by atoms with Crippen LogP contribution >= 0.6 is 0 Å². The van der Waals surface area contributed by atoms with Crippen molar-refractivity contribution < 1.29 is 9.47 Å². The van der Waals surface area contributed by atoms with Crippen molar-refractivity contribution >= 4 is 0 Å². The van der Waals surface area contributed by atoms with Gasteiger partial charge < -0.3 is 15.2 Å². The summed E-state index contributed by atoms with van der Waals surface area (Å²) in [5, 5.41) is 0. The van der Waals surface area contributed by atoms with E-state index >= 15 is 0 Å². The van der Waals surface area contributed by atoms with Gasteiger partial charge in [-0.05, 0) is 35.7 Å². The van der Waals surface area contributed by atoms with Crippen molar-refractivity contribution in [3.8, 4) is 11.5 Å². The fraction of sp³-hybridized carbons (Fsp3) is 0.217. The van der Waals surface area contributed by atoms with Gasteiger partial charge in [0.15, 0.2) is 11.5 Å². The fourth-order valence-corrected chi connectivity index (χ4v) is 3.39. The van der Waals surface area contributed by atoms with Gasteiger partial charge in [0.2, 0.25) is 0 Å². The lowest BCUT2D eigenvalue weighted by atomic mass is 9.77. The standard InChI is InChI=1S/C23H23NO2/c24-14-19-13-21-20(19)11-12-22(25-15-17-7-3-1-4-8-17)23(21)26-16-18-9-5-2-6-10-18/h1-12,19H,13-16,24H2. The van der Waals surface area contributed by atoms with Gasteiger partial charge in [-0.1, -0.05) is 66.7 Å². The van der Waals surface area contributed by atoms with Gasteiger partial charge in [0.25, 0.3) is 0 Å². The van der Waals surface area contributed by atoms with E-state index in [1.807, 2.05) is 42.5 Å². The maximum absolute atomic E-state index is 6.20. The molecule has 0 spiro atoms. The number of hydrogen-bond acceptors (Lipinski definition) is 3. The topological polar surface area (TPSA) is 44.5 Å². The molecule has 0 heterocycles. The summed E-state index contributed by atoms with van der Waals surface area (Å²) in [5.41, 5.74) is 10.7. The van der Waals surface area contributed by atoms with Crippen LogP contribution in [-0.2, 0) is 19.6 Å². The van der Waals surface area contributed by atoms with Crippen LogP contribution in [0.3, 0.4) is 0 Å². The first-order chi connectivity index (χ1) is 12.8. The maximum Gasteiger partial charge on any atom is 0.165 e. The van der Waals surface area contributed by atoms with Crippen LogP contribution in [0.4, 0.5) is 0 Å². The number of rotatable bonds is 7. The van der Waals surface area contributed by atoms with Crippen LogP contribution in [0.5, 0.6) is 11.5 Å². The molecule has 3 aromatic rings. The quantitative estimate of drug-likeness (QED) is 0.688. The minimum atomic E-state index is 0.437. The minimum Gasteiger partial charge on any atom is -0.485 e. The first-order valence-electron chi connectivity index (χ1n) is 9.04. The van der Waals surface area contributed by atoms with Crippen LogP contribution in [0.25, 0.3) is 0 Å². The Bertz CT molecular complexity index is 862. The van der Waals surface area contributed by atoms with Crippen molar-refractivity contribution in [2.75, 3.05) is 6.54 Å². The van der Waals surface area contributed by atoms with E-state index in [-0.39, 0.29) is 0 Å². The molecule has 2 N–H and O–H groups in total. The summed E-state index contributed by atoms with van der Waals surface area (Å²) >= 11 is 0. The second-order valence-electron chi connectivity index (χ2n) is 6.65. The van der Waals surface area contributed by atoms with Crippen molar-refractivity contribution in [1.82, 2.24) is 0 Å². The molecule has 1 aliphatic carbocycles. The van der Waals surface area contributed by atoms with Crippen molar-refractivity contribution in [3.05, 3.63) is 95.1 Å². The lowest BCUT2D eigenvalue weighted by Gasteiger charge is -2.32. The Balaban J connectivity index is 1.55. The van der Waals surface area contributed by atoms with Crippen LogP contribution in [0.15, 0.2) is 72.8 Å². The lowest BCUT2D eigenvalue weighted by Crippen LogP contribution is -2.25. The Kier molecular flexibility index (Phi) is 4.89. The Morgan fingerprint density at radius 2 is 1.38 bits per heavy atom. The predicted octanol–water partition coefficient (Wildman–Crippen LogP) is 4.44. The summed E-state index contributed by atoms with van der Waals surface area (Å²) in [6, 6.07) is 24.5. The average molecular weight is 345 g/mol. The van der Waals surface area contributed by atoms with Crippen molar-refractivity contribution in [2.45, 2.75) is 25.6 Å². The molecule has 1 atom stereocenters. The Morgan fingerprint density at radius 3 is 2.00 bits per heavy atom. The number of ether oxygens (including phenoxy) is 2. The summed E-state index contributed by atoms with van der Waals surface area (Å²) < 4.78 is 12.3. The molecule has 4 rings (SSSR count). The van der Waals surface area contributed by atoms with E-state index in [0.29, 0.717) is 25.7 Å². The molecule has 3 nitrogen and oxygen atoms in total. The van der Waals surface area contributed by atoms with Gasteiger partial charge in [-0.15, -0.1) is 0 Å². The summed E-state index contributed by atoms with van der Waals surface area (Å²) in [6.45, 7) is 1.74. The zero-order chi connectivity index (χ0) is 17.8. The Hall–Kier alpha value is -2.78. The van der Waals surface area contributed by atoms with E-state index < -0.39 is 0 Å². The predicted molar refractivity (Wildman–Crippen MR) is 103 cm³/mol. The van der Waals surface area contributed by atoms with Crippen LogP contribution in [0, 0.1) is 0 Å². The first kappa shape index (κ1) is 16.7. The zero-order valence-electron chi connectivity index (χ0n) is 14.7. The number of benzene rings is 3. The van der Waals surface area contributed by atoms with Gasteiger partial charge in [0, 0.05) is 11.5 Å². The van der Waals surface area contributed by atoms with E-state index in [2.05, 4.69) is 30.3 Å². The van der Waals surface area contributed by atoms with Gasteiger partial charge in [0.05, 0.1) is 0 Å². The molecular formula is C23H23NO2. The smallest absolute Gasteiger partial charge is 0.165 e. The van der Waals surface area contributed by atoms with Gasteiger partial charge in [-0.2, -0.15) is 0 Å². The van der Waals surface area contributed by atoms with Crippen LogP contribution < -0.4 is 15.2 Å². The molecular weight excluding hydrogens is 322 g/mol. The van der Waals surface area contributed by atoms with Crippen molar-refractivity contribution in [3.63, 3.8) is 0 Å². The van der Waals surface area contributed by atoms with E-state index in [9.17, 15) is 0 Å². The third-order valence-corrected chi connectivity index (χ3v) is 4.90. The molecule has 0 aromatic heterocycles. The normalized spacial score (nSPS) is 15.0. The largest absolute Gasteiger partial charge is 0.485 e. The molecule has 0 fully saturated rings. The van der Waals surface area contributed by atoms with Crippen molar-refractivity contribution in [1.29, 1.82) is 0 Å². The maximum atomic E-state index is 6.20. The SMILES string of the molecule is NCC1Cc2c1ccc(OCc1ccccc1)c2OCc1ccccc1. The third kappa shape index (κ3) is 3.44. The highest BCUT2D eigenvalue weighted by Gasteiger charge is 2.30. The second kappa shape index (κ2) is 7.63. The fourth-order valence-electron chi connectivity index (χ4n) is 3.39. The number of fused-ring (bicyclic) bond motifs is 1. The van der Waals surface area contributed by atoms with E-state index in [0.717, 1.165) is 29.0 Å². The molecule has 0 saturated carbocycles. The first-order valence-corrected chi connectivity index (χ1v) is 9.04. The highest BCUT2D eigenvalue weighted by Crippen LogP contribution is 2.45. The molecule has 0 aliphatic heterocycles. The van der Waals surface area contributed by atoms with E-state index in [1.54, 1.807) is 0 Å². The molecule has 132 valence electrons. The molecule has 0 amide bonds. The molecule has 1 aliphatic rings. The highest BCUT2D eigenvalue weighted by atomic mass is 16.5. The number of hydrogen-bond donors (Lipinski definition) is 1. The molecule has 1 unspecified atom stereocenters. The molecule has 0 radical (unpaired) electrons. The lowest BCUT2D eigenvalue weighted by molar-refractivity contribution is 0.251. The number of nitrogens with two attached hydrogens (primary N) is 1. The summed E-state index contributed by atoms with van der Waals surface area (Å²) in [5.74, 6) is 2.11. The molecule has 26 heavy (non-hydrogen) atoms. The molecule has 3 heteroatoms. The van der Waals surface area contributed by atoms with Crippen LogP contribution in [-0.4, -0.2) is 6.54 Å². The summed E-state index contributed by atoms with van der Waals surface area (Å²) in [6.07, 6.45) is 0.957.